The zero-order valence-electron chi connectivity index (χ0n) is 14.5. The van der Waals surface area contributed by atoms with Crippen LogP contribution in [-0.4, -0.2) is 12.1 Å². The van der Waals surface area contributed by atoms with Crippen molar-refractivity contribution in [2.45, 2.75) is 13.8 Å². The maximum absolute atomic E-state index is 9.56. The molecule has 4 heteroatoms. The number of pyridine rings is 1. The molecule has 0 spiro atoms. The topological polar surface area (TPSA) is 71.9 Å². The number of nitrogens with two attached hydrogens (primary N) is 1. The number of rotatable bonds is 3. The third kappa shape index (κ3) is 3.05. The Morgan fingerprint density at radius 3 is 2.44 bits per heavy atom. The van der Waals surface area contributed by atoms with Crippen molar-refractivity contribution in [3.8, 4) is 34.2 Å². The van der Waals surface area contributed by atoms with Crippen LogP contribution < -0.4 is 10.5 Å². The molecule has 0 aliphatic carbocycles. The van der Waals surface area contributed by atoms with Crippen molar-refractivity contribution < 1.29 is 4.74 Å². The average molecular weight is 329 g/mol. The van der Waals surface area contributed by atoms with E-state index in [1.54, 1.807) is 7.11 Å². The van der Waals surface area contributed by atoms with Gasteiger partial charge in [0.25, 0.3) is 0 Å². The second-order valence-electron chi connectivity index (χ2n) is 5.93. The molecule has 2 aromatic carbocycles. The lowest BCUT2D eigenvalue weighted by atomic mass is 9.96. The molecule has 3 aromatic rings. The lowest BCUT2D eigenvalue weighted by Crippen LogP contribution is -2.01. The molecule has 0 saturated carbocycles. The van der Waals surface area contributed by atoms with Gasteiger partial charge in [-0.15, -0.1) is 0 Å². The van der Waals surface area contributed by atoms with E-state index in [9.17, 15) is 5.26 Å². The Hall–Kier alpha value is -3.32. The fourth-order valence-corrected chi connectivity index (χ4v) is 2.81. The van der Waals surface area contributed by atoms with Crippen molar-refractivity contribution in [2.75, 3.05) is 12.8 Å². The Morgan fingerprint density at radius 2 is 1.76 bits per heavy atom. The molecular formula is C21H19N3O. The highest BCUT2D eigenvalue weighted by atomic mass is 16.5. The van der Waals surface area contributed by atoms with E-state index in [2.05, 4.69) is 37.0 Å². The molecule has 1 heterocycles. The van der Waals surface area contributed by atoms with Gasteiger partial charge in [-0.25, -0.2) is 4.98 Å². The Labute approximate surface area is 147 Å². The molecule has 0 fully saturated rings. The maximum Gasteiger partial charge on any atom is 0.142 e. The predicted molar refractivity (Wildman–Crippen MR) is 100 cm³/mol. The smallest absolute Gasteiger partial charge is 0.142 e. The second-order valence-corrected chi connectivity index (χ2v) is 5.93. The van der Waals surface area contributed by atoms with Gasteiger partial charge in [0, 0.05) is 16.7 Å². The Bertz CT molecular complexity index is 987. The highest BCUT2D eigenvalue weighted by Gasteiger charge is 2.16. The summed E-state index contributed by atoms with van der Waals surface area (Å²) in [6.45, 7) is 4.13. The van der Waals surface area contributed by atoms with Gasteiger partial charge in [0.1, 0.15) is 23.2 Å². The molecule has 0 aliphatic heterocycles. The first-order valence-corrected chi connectivity index (χ1v) is 7.96. The molecule has 25 heavy (non-hydrogen) atoms. The van der Waals surface area contributed by atoms with E-state index in [4.69, 9.17) is 10.5 Å². The van der Waals surface area contributed by atoms with Gasteiger partial charge in [0.2, 0.25) is 0 Å². The molecule has 4 nitrogen and oxygen atoms in total. The summed E-state index contributed by atoms with van der Waals surface area (Å²) in [6, 6.07) is 17.8. The lowest BCUT2D eigenvalue weighted by Gasteiger charge is -2.13. The Balaban J connectivity index is 2.26. The van der Waals surface area contributed by atoms with E-state index < -0.39 is 0 Å². The zero-order chi connectivity index (χ0) is 18.0. The van der Waals surface area contributed by atoms with Crippen LogP contribution in [0.1, 0.15) is 16.7 Å². The number of nitrogen functional groups attached to an aromatic ring is 1. The van der Waals surface area contributed by atoms with Crippen LogP contribution in [0.25, 0.3) is 22.4 Å². The standard InChI is InChI=1S/C21H19N3O/c1-13-8-9-15(10-14(13)2)19-11-17(18(12-22)21(23)24-19)16-6-4-5-7-20(16)25-3/h4-11H,1-3H3,(H2,23,24). The first-order chi connectivity index (χ1) is 12.0. The Kier molecular flexibility index (Phi) is 4.40. The largest absolute Gasteiger partial charge is 0.496 e. The summed E-state index contributed by atoms with van der Waals surface area (Å²) in [5, 5.41) is 9.56. The van der Waals surface area contributed by atoms with Crippen LogP contribution in [0, 0.1) is 25.2 Å². The summed E-state index contributed by atoms with van der Waals surface area (Å²) in [5.41, 5.74) is 12.1. The number of hydrogen-bond donors (Lipinski definition) is 1. The van der Waals surface area contributed by atoms with E-state index in [1.165, 1.54) is 11.1 Å². The molecule has 0 amide bonds. The molecule has 3 rings (SSSR count). The highest BCUT2D eigenvalue weighted by Crippen LogP contribution is 2.36. The van der Waals surface area contributed by atoms with Crippen LogP contribution in [0.15, 0.2) is 48.5 Å². The number of aryl methyl sites for hydroxylation is 2. The van der Waals surface area contributed by atoms with Gasteiger partial charge in [0.15, 0.2) is 0 Å². The summed E-state index contributed by atoms with van der Waals surface area (Å²) in [7, 11) is 1.61. The van der Waals surface area contributed by atoms with Crippen molar-refractivity contribution in [3.05, 3.63) is 65.2 Å². The molecule has 124 valence electrons. The number of aromatic nitrogens is 1. The van der Waals surface area contributed by atoms with Gasteiger partial charge < -0.3 is 10.5 Å². The number of para-hydroxylation sites is 1. The predicted octanol–water partition coefficient (Wildman–Crippen LogP) is 4.49. The molecule has 0 saturated heterocycles. The van der Waals surface area contributed by atoms with Crippen LogP contribution >= 0.6 is 0 Å². The highest BCUT2D eigenvalue weighted by molar-refractivity contribution is 5.83. The van der Waals surface area contributed by atoms with Crippen molar-refractivity contribution in [1.29, 1.82) is 5.26 Å². The molecule has 0 radical (unpaired) electrons. The van der Waals surface area contributed by atoms with E-state index in [-0.39, 0.29) is 5.82 Å². The third-order valence-corrected chi connectivity index (χ3v) is 4.36. The molecule has 0 unspecified atom stereocenters. The van der Waals surface area contributed by atoms with Gasteiger partial charge in [-0.2, -0.15) is 5.26 Å². The van der Waals surface area contributed by atoms with Crippen LogP contribution in [0.5, 0.6) is 5.75 Å². The fourth-order valence-electron chi connectivity index (χ4n) is 2.81. The molecule has 0 aliphatic rings. The number of methoxy groups -OCH3 is 1. The van der Waals surface area contributed by atoms with Gasteiger partial charge in [0.05, 0.1) is 12.8 Å². The lowest BCUT2D eigenvalue weighted by molar-refractivity contribution is 0.416. The van der Waals surface area contributed by atoms with Gasteiger partial charge >= 0.3 is 0 Å². The minimum absolute atomic E-state index is 0.221. The first kappa shape index (κ1) is 16.5. The first-order valence-electron chi connectivity index (χ1n) is 7.96. The van der Waals surface area contributed by atoms with Crippen LogP contribution in [0.3, 0.4) is 0 Å². The monoisotopic (exact) mass is 329 g/mol. The second kappa shape index (κ2) is 6.66. The molecular weight excluding hydrogens is 310 g/mol. The number of nitrogens with zero attached hydrogens (tertiary/aromatic N) is 2. The van der Waals surface area contributed by atoms with Crippen LogP contribution in [-0.2, 0) is 0 Å². The zero-order valence-corrected chi connectivity index (χ0v) is 14.5. The van der Waals surface area contributed by atoms with Gasteiger partial charge in [-0.3, -0.25) is 0 Å². The number of benzene rings is 2. The van der Waals surface area contributed by atoms with Crippen molar-refractivity contribution in [2.24, 2.45) is 0 Å². The average Bonchev–Trinajstić information content (AvgIpc) is 2.63. The van der Waals surface area contributed by atoms with Crippen molar-refractivity contribution in [1.82, 2.24) is 4.98 Å². The normalized spacial score (nSPS) is 10.3. The number of nitriles is 1. The van der Waals surface area contributed by atoms with E-state index in [0.29, 0.717) is 11.3 Å². The molecule has 0 bridgehead atoms. The van der Waals surface area contributed by atoms with Crippen LogP contribution in [0.4, 0.5) is 5.82 Å². The van der Waals surface area contributed by atoms with Crippen LogP contribution in [0.2, 0.25) is 0 Å². The summed E-state index contributed by atoms with van der Waals surface area (Å²) in [6.07, 6.45) is 0. The summed E-state index contributed by atoms with van der Waals surface area (Å²) >= 11 is 0. The fraction of sp³-hybridized carbons (Fsp3) is 0.143. The minimum Gasteiger partial charge on any atom is -0.496 e. The summed E-state index contributed by atoms with van der Waals surface area (Å²) in [5.74, 6) is 0.912. The SMILES string of the molecule is COc1ccccc1-c1cc(-c2ccc(C)c(C)c2)nc(N)c1C#N. The third-order valence-electron chi connectivity index (χ3n) is 4.36. The van der Waals surface area contributed by atoms with Crippen molar-refractivity contribution >= 4 is 5.82 Å². The van der Waals surface area contributed by atoms with E-state index >= 15 is 0 Å². The van der Waals surface area contributed by atoms with Gasteiger partial charge in [-0.05, 0) is 43.2 Å². The number of anilines is 1. The van der Waals surface area contributed by atoms with E-state index in [0.717, 1.165) is 22.4 Å². The summed E-state index contributed by atoms with van der Waals surface area (Å²) < 4.78 is 5.45. The molecule has 2 N–H and O–H groups in total. The molecule has 1 aromatic heterocycles. The quantitative estimate of drug-likeness (QED) is 0.768. The Morgan fingerprint density at radius 1 is 1.00 bits per heavy atom. The van der Waals surface area contributed by atoms with Gasteiger partial charge in [-0.1, -0.05) is 30.3 Å². The van der Waals surface area contributed by atoms with Crippen molar-refractivity contribution in [3.63, 3.8) is 0 Å². The number of hydrogen-bond acceptors (Lipinski definition) is 4. The minimum atomic E-state index is 0.221. The maximum atomic E-state index is 9.56. The molecule has 0 atom stereocenters. The number of ether oxygens (including phenoxy) is 1. The van der Waals surface area contributed by atoms with E-state index in [1.807, 2.05) is 36.4 Å². The summed E-state index contributed by atoms with van der Waals surface area (Å²) in [4.78, 5) is 4.44.